The van der Waals surface area contributed by atoms with Crippen molar-refractivity contribution in [3.8, 4) is 11.1 Å². The summed E-state index contributed by atoms with van der Waals surface area (Å²) >= 11 is 0. The predicted octanol–water partition coefficient (Wildman–Crippen LogP) is 4.58. The maximum absolute atomic E-state index is 13.2. The highest BCUT2D eigenvalue weighted by molar-refractivity contribution is 5.94. The molecule has 12 heteroatoms. The van der Waals surface area contributed by atoms with Gasteiger partial charge in [0.05, 0.1) is 0 Å². The van der Waals surface area contributed by atoms with Crippen molar-refractivity contribution in [1.82, 2.24) is 24.5 Å². The van der Waals surface area contributed by atoms with Crippen LogP contribution in [-0.2, 0) is 4.79 Å². The van der Waals surface area contributed by atoms with Crippen molar-refractivity contribution in [3.05, 3.63) is 84.3 Å². The van der Waals surface area contributed by atoms with Crippen molar-refractivity contribution in [2.75, 3.05) is 13.1 Å². The van der Waals surface area contributed by atoms with Crippen molar-refractivity contribution in [2.24, 2.45) is 0 Å². The Morgan fingerprint density at radius 1 is 1.03 bits per heavy atom. The molecule has 1 amide bonds. The SMILES string of the molecule is O=C(O)C(F)(F)F.O=C(c1ccc(F)cc1)N1CCCC(c2nc3ccc(-c4cccnc4)cn3n2)C1. The summed E-state index contributed by atoms with van der Waals surface area (Å²) in [6.07, 6.45) is 2.25. The third-order valence-electron chi connectivity index (χ3n) is 5.75. The molecule has 5 rings (SSSR count). The summed E-state index contributed by atoms with van der Waals surface area (Å²) in [4.78, 5) is 32.4. The molecule has 1 aromatic carbocycles. The van der Waals surface area contributed by atoms with Gasteiger partial charge in [0.15, 0.2) is 11.5 Å². The highest BCUT2D eigenvalue weighted by atomic mass is 19.4. The second-order valence-corrected chi connectivity index (χ2v) is 8.33. The number of amides is 1. The number of piperidine rings is 1. The number of fused-ring (bicyclic) bond motifs is 1. The predicted molar refractivity (Wildman–Crippen MR) is 124 cm³/mol. The highest BCUT2D eigenvalue weighted by Gasteiger charge is 2.38. The van der Waals surface area contributed by atoms with Crippen molar-refractivity contribution in [3.63, 3.8) is 0 Å². The molecule has 1 aliphatic rings. The summed E-state index contributed by atoms with van der Waals surface area (Å²) < 4.78 is 46.7. The van der Waals surface area contributed by atoms with E-state index in [1.807, 2.05) is 41.6 Å². The summed E-state index contributed by atoms with van der Waals surface area (Å²) in [6, 6.07) is 13.6. The lowest BCUT2D eigenvalue weighted by molar-refractivity contribution is -0.192. The number of pyridine rings is 2. The number of halogens is 4. The molecule has 1 saturated heterocycles. The number of carboxylic acid groups (broad SMARTS) is 1. The number of hydrogen-bond donors (Lipinski definition) is 1. The molecule has 1 N–H and O–H groups in total. The Kier molecular flexibility index (Phi) is 7.46. The minimum atomic E-state index is -5.08. The summed E-state index contributed by atoms with van der Waals surface area (Å²) in [5.41, 5.74) is 3.31. The zero-order valence-electron chi connectivity index (χ0n) is 19.3. The lowest BCUT2D eigenvalue weighted by Gasteiger charge is -2.31. The van der Waals surface area contributed by atoms with Crippen LogP contribution in [0.5, 0.6) is 0 Å². The van der Waals surface area contributed by atoms with Gasteiger partial charge in [-0.1, -0.05) is 6.07 Å². The van der Waals surface area contributed by atoms with Crippen molar-refractivity contribution in [1.29, 1.82) is 0 Å². The Hall–Kier alpha value is -4.35. The fourth-order valence-electron chi connectivity index (χ4n) is 3.92. The minimum absolute atomic E-state index is 0.0740. The summed E-state index contributed by atoms with van der Waals surface area (Å²) in [7, 11) is 0. The average molecular weight is 515 g/mol. The number of rotatable bonds is 3. The number of aliphatic carboxylic acids is 1. The third kappa shape index (κ3) is 6.26. The molecule has 8 nitrogen and oxygen atoms in total. The van der Waals surface area contributed by atoms with E-state index in [-0.39, 0.29) is 17.6 Å². The van der Waals surface area contributed by atoms with Gasteiger partial charge in [-0.05, 0) is 55.3 Å². The monoisotopic (exact) mass is 515 g/mol. The molecule has 0 radical (unpaired) electrons. The van der Waals surface area contributed by atoms with Crippen LogP contribution < -0.4 is 0 Å². The van der Waals surface area contributed by atoms with E-state index in [1.165, 1.54) is 24.3 Å². The van der Waals surface area contributed by atoms with E-state index >= 15 is 0 Å². The van der Waals surface area contributed by atoms with E-state index in [9.17, 15) is 22.4 Å². The molecule has 0 spiro atoms. The molecule has 0 saturated carbocycles. The van der Waals surface area contributed by atoms with E-state index < -0.39 is 12.1 Å². The van der Waals surface area contributed by atoms with E-state index in [0.717, 1.165) is 35.4 Å². The lowest BCUT2D eigenvalue weighted by Crippen LogP contribution is -2.39. The van der Waals surface area contributed by atoms with E-state index in [0.29, 0.717) is 18.7 Å². The molecule has 1 aliphatic heterocycles. The Morgan fingerprint density at radius 2 is 1.76 bits per heavy atom. The number of benzene rings is 1. The van der Waals surface area contributed by atoms with Crippen molar-refractivity contribution < 1.29 is 32.3 Å². The van der Waals surface area contributed by atoms with Gasteiger partial charge in [-0.2, -0.15) is 18.3 Å². The number of hydrogen-bond acceptors (Lipinski definition) is 5. The Bertz CT molecular complexity index is 1390. The van der Waals surface area contributed by atoms with Gasteiger partial charge in [-0.3, -0.25) is 9.78 Å². The van der Waals surface area contributed by atoms with Gasteiger partial charge in [0.2, 0.25) is 0 Å². The standard InChI is InChI=1S/C23H20FN5O.C2HF3O2/c24-20-8-5-16(6-9-20)23(30)28-12-2-4-19(14-28)22-26-21-10-7-18(15-29(21)27-22)17-3-1-11-25-13-17;3-2(4,5)1(6)7/h1,3,5-11,13,15,19H,2,4,12,14H2;(H,6,7). The number of carboxylic acids is 1. The van der Waals surface area contributed by atoms with Gasteiger partial charge in [-0.25, -0.2) is 18.7 Å². The second-order valence-electron chi connectivity index (χ2n) is 8.33. The van der Waals surface area contributed by atoms with Crippen LogP contribution in [0, 0.1) is 5.82 Å². The highest BCUT2D eigenvalue weighted by Crippen LogP contribution is 2.27. The van der Waals surface area contributed by atoms with Crippen LogP contribution in [0.15, 0.2) is 67.1 Å². The lowest BCUT2D eigenvalue weighted by atomic mass is 9.96. The number of likely N-dealkylation sites (tertiary alicyclic amines) is 1. The van der Waals surface area contributed by atoms with Gasteiger partial charge < -0.3 is 10.0 Å². The Labute approximate surface area is 208 Å². The van der Waals surface area contributed by atoms with Crippen LogP contribution in [0.4, 0.5) is 17.6 Å². The summed E-state index contributed by atoms with van der Waals surface area (Å²) in [5.74, 6) is -2.36. The quantitative estimate of drug-likeness (QED) is 0.401. The van der Waals surface area contributed by atoms with Crippen LogP contribution >= 0.6 is 0 Å². The molecule has 1 unspecified atom stereocenters. The maximum atomic E-state index is 13.2. The zero-order chi connectivity index (χ0) is 26.6. The number of carbonyl (C=O) groups excluding carboxylic acids is 1. The summed E-state index contributed by atoms with van der Waals surface area (Å²) in [6.45, 7) is 1.24. The Morgan fingerprint density at radius 3 is 2.41 bits per heavy atom. The molecule has 192 valence electrons. The maximum Gasteiger partial charge on any atom is 0.490 e. The normalized spacial score (nSPS) is 15.7. The van der Waals surface area contributed by atoms with Crippen LogP contribution in [0.25, 0.3) is 16.8 Å². The first kappa shape index (κ1) is 25.7. The molecule has 1 atom stereocenters. The first-order valence-electron chi connectivity index (χ1n) is 11.2. The fourth-order valence-corrected chi connectivity index (χ4v) is 3.92. The van der Waals surface area contributed by atoms with Gasteiger partial charge in [0.25, 0.3) is 5.91 Å². The van der Waals surface area contributed by atoms with Gasteiger partial charge in [0, 0.05) is 54.3 Å². The first-order valence-corrected chi connectivity index (χ1v) is 11.2. The van der Waals surface area contributed by atoms with Gasteiger partial charge in [-0.15, -0.1) is 0 Å². The minimum Gasteiger partial charge on any atom is -0.475 e. The number of alkyl halides is 3. The first-order chi connectivity index (χ1) is 17.6. The third-order valence-corrected chi connectivity index (χ3v) is 5.75. The Balaban J connectivity index is 0.000000405. The number of aromatic nitrogens is 4. The van der Waals surface area contributed by atoms with Crippen LogP contribution in [-0.4, -0.2) is 60.7 Å². The largest absolute Gasteiger partial charge is 0.490 e. The molecule has 4 heterocycles. The molecule has 4 aromatic rings. The van der Waals surface area contributed by atoms with Crippen LogP contribution in [0.1, 0.15) is 34.9 Å². The second kappa shape index (κ2) is 10.7. The van der Waals surface area contributed by atoms with Crippen LogP contribution in [0.3, 0.4) is 0 Å². The van der Waals surface area contributed by atoms with Crippen LogP contribution in [0.2, 0.25) is 0 Å². The van der Waals surface area contributed by atoms with Crippen molar-refractivity contribution in [2.45, 2.75) is 24.9 Å². The van der Waals surface area contributed by atoms with Gasteiger partial charge in [0.1, 0.15) is 5.82 Å². The molecule has 0 aliphatic carbocycles. The molecular weight excluding hydrogens is 494 g/mol. The zero-order valence-corrected chi connectivity index (χ0v) is 19.3. The number of carbonyl (C=O) groups is 2. The molecule has 3 aromatic heterocycles. The topological polar surface area (TPSA) is 101 Å². The molecular formula is C25H21F4N5O3. The fraction of sp³-hybridized carbons (Fsp3) is 0.240. The van der Waals surface area contributed by atoms with E-state index in [1.54, 1.807) is 10.7 Å². The van der Waals surface area contributed by atoms with Gasteiger partial charge >= 0.3 is 12.1 Å². The summed E-state index contributed by atoms with van der Waals surface area (Å²) in [5, 5.41) is 11.8. The van der Waals surface area contributed by atoms with E-state index in [4.69, 9.17) is 20.0 Å². The smallest absolute Gasteiger partial charge is 0.475 e. The number of nitrogens with zero attached hydrogens (tertiary/aromatic N) is 5. The average Bonchev–Trinajstić information content (AvgIpc) is 3.33. The molecule has 1 fully saturated rings. The van der Waals surface area contributed by atoms with Crippen molar-refractivity contribution >= 4 is 17.5 Å². The van der Waals surface area contributed by atoms with E-state index in [2.05, 4.69) is 4.98 Å². The molecule has 37 heavy (non-hydrogen) atoms. The molecule has 0 bridgehead atoms.